The van der Waals surface area contributed by atoms with E-state index in [0.717, 1.165) is 11.1 Å². The number of carbonyl (C=O) groups excluding carboxylic acids is 2. The Hall–Kier alpha value is -2.88. The van der Waals surface area contributed by atoms with Crippen LogP contribution in [0.15, 0.2) is 60.3 Å². The highest BCUT2D eigenvalue weighted by Crippen LogP contribution is 2.10. The van der Waals surface area contributed by atoms with Crippen molar-refractivity contribution >= 4 is 18.0 Å². The zero-order chi connectivity index (χ0) is 16.7. The molecule has 0 atom stereocenters. The number of hydrogen-bond donors (Lipinski definition) is 1. The molecule has 118 valence electrons. The van der Waals surface area contributed by atoms with Crippen LogP contribution in [0.25, 0.3) is 6.08 Å². The van der Waals surface area contributed by atoms with Crippen molar-refractivity contribution in [3.8, 4) is 0 Å². The van der Waals surface area contributed by atoms with E-state index in [9.17, 15) is 9.59 Å². The Bertz CT molecular complexity index is 703. The Morgan fingerprint density at radius 2 is 1.70 bits per heavy atom. The van der Waals surface area contributed by atoms with Crippen molar-refractivity contribution in [3.05, 3.63) is 77.0 Å². The highest BCUT2D eigenvalue weighted by atomic mass is 16.5. The van der Waals surface area contributed by atoms with E-state index < -0.39 is 5.97 Å². The van der Waals surface area contributed by atoms with Gasteiger partial charge in [-0.15, -0.1) is 0 Å². The highest BCUT2D eigenvalue weighted by molar-refractivity contribution is 6.03. The summed E-state index contributed by atoms with van der Waals surface area (Å²) in [6.07, 6.45) is 1.61. The fourth-order valence-electron chi connectivity index (χ4n) is 1.97. The summed E-state index contributed by atoms with van der Waals surface area (Å²) < 4.78 is 5.01. The van der Waals surface area contributed by atoms with Gasteiger partial charge in [-0.1, -0.05) is 48.0 Å². The van der Waals surface area contributed by atoms with Crippen LogP contribution in [0, 0.1) is 6.92 Å². The fourth-order valence-corrected chi connectivity index (χ4v) is 1.97. The lowest BCUT2D eigenvalue weighted by atomic mass is 10.1. The molecule has 1 N–H and O–H groups in total. The number of nitrogens with one attached hydrogen (secondary N) is 1. The zero-order valence-corrected chi connectivity index (χ0v) is 13.2. The van der Waals surface area contributed by atoms with Crippen molar-refractivity contribution in [2.24, 2.45) is 0 Å². The average molecular weight is 309 g/mol. The van der Waals surface area contributed by atoms with E-state index in [4.69, 9.17) is 4.74 Å². The summed E-state index contributed by atoms with van der Waals surface area (Å²) in [5.41, 5.74) is 2.52. The maximum atomic E-state index is 12.2. The first-order chi connectivity index (χ1) is 11.1. The van der Waals surface area contributed by atoms with Crippen LogP contribution in [0.2, 0.25) is 0 Å². The molecule has 0 saturated carbocycles. The first-order valence-electron chi connectivity index (χ1n) is 7.42. The molecule has 0 aromatic heterocycles. The lowest BCUT2D eigenvalue weighted by Crippen LogP contribution is -2.28. The molecule has 0 unspecified atom stereocenters. The lowest BCUT2D eigenvalue weighted by Gasteiger charge is -2.09. The predicted molar refractivity (Wildman–Crippen MR) is 89.7 cm³/mol. The summed E-state index contributed by atoms with van der Waals surface area (Å²) in [6, 6.07) is 16.4. The fraction of sp³-hybridized carbons (Fsp3) is 0.158. The molecule has 4 nitrogen and oxygen atoms in total. The third kappa shape index (κ3) is 4.81. The van der Waals surface area contributed by atoms with E-state index in [1.807, 2.05) is 37.3 Å². The summed E-state index contributed by atoms with van der Waals surface area (Å²) in [4.78, 5) is 24.3. The number of esters is 1. The number of rotatable bonds is 5. The highest BCUT2D eigenvalue weighted by Gasteiger charge is 2.15. The SMILES string of the molecule is CCOC(=O)/C(=C/c1ccc(C)cc1)NC(=O)c1ccccc1. The van der Waals surface area contributed by atoms with Gasteiger partial charge < -0.3 is 10.1 Å². The van der Waals surface area contributed by atoms with E-state index in [0.29, 0.717) is 5.56 Å². The van der Waals surface area contributed by atoms with Gasteiger partial charge in [-0.3, -0.25) is 4.79 Å². The minimum absolute atomic E-state index is 0.115. The van der Waals surface area contributed by atoms with Gasteiger partial charge in [0.15, 0.2) is 0 Å². The van der Waals surface area contributed by atoms with Gasteiger partial charge in [-0.2, -0.15) is 0 Å². The van der Waals surface area contributed by atoms with Crippen LogP contribution < -0.4 is 5.32 Å². The summed E-state index contributed by atoms with van der Waals surface area (Å²) >= 11 is 0. The third-order valence-electron chi connectivity index (χ3n) is 3.17. The van der Waals surface area contributed by atoms with Crippen LogP contribution in [0.4, 0.5) is 0 Å². The number of hydrogen-bond acceptors (Lipinski definition) is 3. The second-order valence-electron chi connectivity index (χ2n) is 5.01. The Labute approximate surface area is 135 Å². The van der Waals surface area contributed by atoms with Gasteiger partial charge in [0, 0.05) is 5.56 Å². The van der Waals surface area contributed by atoms with Gasteiger partial charge >= 0.3 is 5.97 Å². The molecule has 2 rings (SSSR count). The van der Waals surface area contributed by atoms with Crippen LogP contribution in [0.1, 0.15) is 28.4 Å². The Kier molecular flexibility index (Phi) is 5.69. The van der Waals surface area contributed by atoms with Crippen molar-refractivity contribution in [1.29, 1.82) is 0 Å². The predicted octanol–water partition coefficient (Wildman–Crippen LogP) is 3.33. The Morgan fingerprint density at radius 3 is 2.30 bits per heavy atom. The second-order valence-corrected chi connectivity index (χ2v) is 5.01. The summed E-state index contributed by atoms with van der Waals surface area (Å²) in [5.74, 6) is -0.908. The molecule has 23 heavy (non-hydrogen) atoms. The monoisotopic (exact) mass is 309 g/mol. The van der Waals surface area contributed by atoms with Gasteiger partial charge in [-0.25, -0.2) is 4.79 Å². The van der Waals surface area contributed by atoms with Gasteiger partial charge in [-0.05, 0) is 37.6 Å². The number of carbonyl (C=O) groups is 2. The number of aryl methyl sites for hydroxylation is 1. The first-order valence-corrected chi connectivity index (χ1v) is 7.42. The zero-order valence-electron chi connectivity index (χ0n) is 13.2. The molecular formula is C19H19NO3. The molecule has 0 radical (unpaired) electrons. The molecule has 0 heterocycles. The van der Waals surface area contributed by atoms with E-state index in [-0.39, 0.29) is 18.2 Å². The minimum Gasteiger partial charge on any atom is -0.461 e. The Morgan fingerprint density at radius 1 is 1.04 bits per heavy atom. The molecule has 0 bridgehead atoms. The van der Waals surface area contributed by atoms with Gasteiger partial charge in [0.25, 0.3) is 5.91 Å². The summed E-state index contributed by atoms with van der Waals surface area (Å²) in [7, 11) is 0. The van der Waals surface area contributed by atoms with Crippen molar-refractivity contribution < 1.29 is 14.3 Å². The summed E-state index contributed by atoms with van der Waals surface area (Å²) in [5, 5.41) is 2.63. The van der Waals surface area contributed by atoms with E-state index in [2.05, 4.69) is 5.32 Å². The van der Waals surface area contributed by atoms with Crippen molar-refractivity contribution in [1.82, 2.24) is 5.32 Å². The smallest absolute Gasteiger partial charge is 0.354 e. The molecule has 0 saturated heterocycles. The van der Waals surface area contributed by atoms with E-state index >= 15 is 0 Å². The maximum absolute atomic E-state index is 12.2. The van der Waals surface area contributed by atoms with E-state index in [1.54, 1.807) is 37.3 Å². The number of ether oxygens (including phenoxy) is 1. The van der Waals surface area contributed by atoms with Crippen molar-refractivity contribution in [3.63, 3.8) is 0 Å². The maximum Gasteiger partial charge on any atom is 0.354 e. The van der Waals surface area contributed by atoms with Crippen LogP contribution in [0.3, 0.4) is 0 Å². The molecule has 0 aliphatic rings. The molecule has 0 fully saturated rings. The van der Waals surface area contributed by atoms with Crippen LogP contribution in [0.5, 0.6) is 0 Å². The van der Waals surface area contributed by atoms with E-state index in [1.165, 1.54) is 0 Å². The normalized spacial score (nSPS) is 11.0. The van der Waals surface area contributed by atoms with Gasteiger partial charge in [0.1, 0.15) is 5.70 Å². The lowest BCUT2D eigenvalue weighted by molar-refractivity contribution is -0.138. The molecule has 2 aromatic rings. The second kappa shape index (κ2) is 7.94. The first kappa shape index (κ1) is 16.5. The quantitative estimate of drug-likeness (QED) is 0.681. The molecular weight excluding hydrogens is 290 g/mol. The summed E-state index contributed by atoms with van der Waals surface area (Å²) in [6.45, 7) is 3.95. The molecule has 4 heteroatoms. The van der Waals surface area contributed by atoms with Gasteiger partial charge in [0.2, 0.25) is 0 Å². The molecule has 0 spiro atoms. The van der Waals surface area contributed by atoms with Crippen LogP contribution in [-0.2, 0) is 9.53 Å². The Balaban J connectivity index is 2.25. The standard InChI is InChI=1S/C19H19NO3/c1-3-23-19(22)17(13-15-11-9-14(2)10-12-15)20-18(21)16-7-5-4-6-8-16/h4-13H,3H2,1-2H3,(H,20,21)/b17-13-. The third-order valence-corrected chi connectivity index (χ3v) is 3.17. The van der Waals surface area contributed by atoms with Crippen LogP contribution >= 0.6 is 0 Å². The minimum atomic E-state index is -0.558. The molecule has 0 aliphatic carbocycles. The largest absolute Gasteiger partial charge is 0.461 e. The molecule has 1 amide bonds. The molecule has 2 aromatic carbocycles. The van der Waals surface area contributed by atoms with Crippen LogP contribution in [-0.4, -0.2) is 18.5 Å². The van der Waals surface area contributed by atoms with Crippen molar-refractivity contribution in [2.45, 2.75) is 13.8 Å². The number of benzene rings is 2. The van der Waals surface area contributed by atoms with Crippen molar-refractivity contribution in [2.75, 3.05) is 6.61 Å². The average Bonchev–Trinajstić information content (AvgIpc) is 2.57. The molecule has 0 aliphatic heterocycles. The van der Waals surface area contributed by atoms with Gasteiger partial charge in [0.05, 0.1) is 6.61 Å². The topological polar surface area (TPSA) is 55.4 Å². The number of amides is 1.